The number of alkyl halides is 2. The van der Waals surface area contributed by atoms with Gasteiger partial charge in [0.15, 0.2) is 0 Å². The van der Waals surface area contributed by atoms with Crippen molar-refractivity contribution in [3.8, 4) is 5.75 Å². The van der Waals surface area contributed by atoms with Gasteiger partial charge in [0, 0.05) is 6.42 Å². The van der Waals surface area contributed by atoms with E-state index in [0.29, 0.717) is 18.3 Å². The molecule has 2 rings (SSSR count). The Balaban J connectivity index is 0.00000312. The minimum absolute atomic E-state index is 0. The molecule has 142 valence electrons. The molecule has 25 heavy (non-hydrogen) atoms. The third-order valence-corrected chi connectivity index (χ3v) is 4.68. The van der Waals surface area contributed by atoms with Crippen LogP contribution in [0.4, 0.5) is 8.78 Å². The summed E-state index contributed by atoms with van der Waals surface area (Å²) in [7, 11) is 0. The van der Waals surface area contributed by atoms with Crippen molar-refractivity contribution >= 4 is 18.3 Å². The highest BCUT2D eigenvalue weighted by Gasteiger charge is 2.22. The average Bonchev–Trinajstić information content (AvgIpc) is 2.55. The Hall–Kier alpha value is -1.40. The van der Waals surface area contributed by atoms with Gasteiger partial charge in [0.25, 0.3) is 0 Å². The molecule has 7 heteroatoms. The number of halogens is 3. The molecular weight excluding hydrogens is 350 g/mol. The van der Waals surface area contributed by atoms with Crippen molar-refractivity contribution in [2.45, 2.75) is 45.8 Å². The Morgan fingerprint density at radius 1 is 1.24 bits per heavy atom. The van der Waals surface area contributed by atoms with Crippen LogP contribution < -0.4 is 15.4 Å². The summed E-state index contributed by atoms with van der Waals surface area (Å²) in [4.78, 5) is 12.2. The summed E-state index contributed by atoms with van der Waals surface area (Å²) in [6, 6.07) is 6.19. The third kappa shape index (κ3) is 7.16. The number of carbonyl (C=O) groups is 1. The quantitative estimate of drug-likeness (QED) is 0.758. The highest BCUT2D eigenvalue weighted by atomic mass is 35.5. The molecule has 2 N–H and O–H groups in total. The lowest BCUT2D eigenvalue weighted by Gasteiger charge is -2.28. The van der Waals surface area contributed by atoms with Crippen LogP contribution in [0, 0.1) is 11.8 Å². The van der Waals surface area contributed by atoms with Crippen molar-refractivity contribution < 1.29 is 18.3 Å². The van der Waals surface area contributed by atoms with Crippen LogP contribution >= 0.6 is 12.4 Å². The SMILES string of the molecule is CC(NC(=O)CC(C)C1CCNCC1)c1ccc(OC(F)F)cc1.Cl. The smallest absolute Gasteiger partial charge is 0.387 e. The van der Waals surface area contributed by atoms with Crippen LogP contribution in [0.1, 0.15) is 44.7 Å². The van der Waals surface area contributed by atoms with E-state index in [1.165, 1.54) is 12.1 Å². The van der Waals surface area contributed by atoms with Crippen LogP contribution in [-0.4, -0.2) is 25.6 Å². The van der Waals surface area contributed by atoms with Crippen molar-refractivity contribution in [1.82, 2.24) is 10.6 Å². The summed E-state index contributed by atoms with van der Waals surface area (Å²) in [5.74, 6) is 1.10. The zero-order valence-corrected chi connectivity index (χ0v) is 15.5. The van der Waals surface area contributed by atoms with Gasteiger partial charge in [-0.15, -0.1) is 12.4 Å². The number of carbonyl (C=O) groups excluding carboxylic acids is 1. The number of rotatable bonds is 7. The number of benzene rings is 1. The first-order valence-corrected chi connectivity index (χ1v) is 8.50. The molecule has 0 aliphatic carbocycles. The maximum Gasteiger partial charge on any atom is 0.387 e. The van der Waals surface area contributed by atoms with E-state index in [9.17, 15) is 13.6 Å². The van der Waals surface area contributed by atoms with Crippen LogP contribution in [0.5, 0.6) is 5.75 Å². The summed E-state index contributed by atoms with van der Waals surface area (Å²) in [6.07, 6.45) is 2.76. The van der Waals surface area contributed by atoms with E-state index in [1.807, 2.05) is 6.92 Å². The number of hydrogen-bond donors (Lipinski definition) is 2. The fraction of sp³-hybridized carbons (Fsp3) is 0.611. The number of hydrogen-bond acceptors (Lipinski definition) is 3. The van der Waals surface area contributed by atoms with Crippen LogP contribution in [0.3, 0.4) is 0 Å². The summed E-state index contributed by atoms with van der Waals surface area (Å²) in [6.45, 7) is 3.25. The van der Waals surface area contributed by atoms with Gasteiger partial charge in [0.2, 0.25) is 5.91 Å². The second-order valence-electron chi connectivity index (χ2n) is 6.51. The van der Waals surface area contributed by atoms with Gasteiger partial charge in [-0.25, -0.2) is 0 Å². The van der Waals surface area contributed by atoms with Gasteiger partial charge < -0.3 is 15.4 Å². The molecule has 1 aliphatic heterocycles. The van der Waals surface area contributed by atoms with E-state index in [0.717, 1.165) is 31.5 Å². The first kappa shape index (κ1) is 21.6. The monoisotopic (exact) mass is 376 g/mol. The molecular formula is C18H27ClF2N2O2. The molecule has 1 aromatic rings. The van der Waals surface area contributed by atoms with Crippen LogP contribution in [0.25, 0.3) is 0 Å². The Morgan fingerprint density at radius 3 is 2.40 bits per heavy atom. The maximum absolute atomic E-state index is 12.2. The van der Waals surface area contributed by atoms with Crippen molar-refractivity contribution in [1.29, 1.82) is 0 Å². The van der Waals surface area contributed by atoms with Gasteiger partial charge >= 0.3 is 6.61 Å². The Morgan fingerprint density at radius 2 is 1.84 bits per heavy atom. The number of ether oxygens (including phenoxy) is 1. The minimum atomic E-state index is -2.83. The number of nitrogens with one attached hydrogen (secondary N) is 2. The van der Waals surface area contributed by atoms with Crippen molar-refractivity contribution in [3.63, 3.8) is 0 Å². The Bertz CT molecular complexity index is 522. The first-order valence-electron chi connectivity index (χ1n) is 8.50. The second-order valence-corrected chi connectivity index (χ2v) is 6.51. The highest BCUT2D eigenvalue weighted by Crippen LogP contribution is 2.25. The lowest BCUT2D eigenvalue weighted by atomic mass is 9.84. The van der Waals surface area contributed by atoms with E-state index < -0.39 is 6.61 Å². The third-order valence-electron chi connectivity index (χ3n) is 4.68. The molecule has 1 heterocycles. The van der Waals surface area contributed by atoms with Crippen LogP contribution in [0.15, 0.2) is 24.3 Å². The molecule has 0 radical (unpaired) electrons. The van der Waals surface area contributed by atoms with Gasteiger partial charge in [-0.1, -0.05) is 19.1 Å². The predicted molar refractivity (Wildman–Crippen MR) is 96.3 cm³/mol. The summed E-state index contributed by atoms with van der Waals surface area (Å²) >= 11 is 0. The van der Waals surface area contributed by atoms with Crippen molar-refractivity contribution in [3.05, 3.63) is 29.8 Å². The maximum atomic E-state index is 12.2. The average molecular weight is 377 g/mol. The number of amides is 1. The van der Waals surface area contributed by atoms with Crippen molar-refractivity contribution in [2.75, 3.05) is 13.1 Å². The topological polar surface area (TPSA) is 50.4 Å². The summed E-state index contributed by atoms with van der Waals surface area (Å²) in [5.41, 5.74) is 0.861. The zero-order chi connectivity index (χ0) is 17.5. The molecule has 1 fully saturated rings. The normalized spacial score (nSPS) is 17.5. The fourth-order valence-corrected chi connectivity index (χ4v) is 3.19. The molecule has 1 saturated heterocycles. The molecule has 0 saturated carbocycles. The molecule has 4 nitrogen and oxygen atoms in total. The zero-order valence-electron chi connectivity index (χ0n) is 14.6. The lowest BCUT2D eigenvalue weighted by molar-refractivity contribution is -0.123. The Kier molecular flexibility index (Phi) is 9.14. The summed E-state index contributed by atoms with van der Waals surface area (Å²) in [5, 5.41) is 6.32. The summed E-state index contributed by atoms with van der Waals surface area (Å²) < 4.78 is 28.6. The predicted octanol–water partition coefficient (Wildman–Crippen LogP) is 3.91. The lowest BCUT2D eigenvalue weighted by Crippen LogP contribution is -2.34. The van der Waals surface area contributed by atoms with Gasteiger partial charge in [0.1, 0.15) is 5.75 Å². The molecule has 2 atom stereocenters. The van der Waals surface area contributed by atoms with E-state index in [1.54, 1.807) is 12.1 Å². The second kappa shape index (κ2) is 10.6. The van der Waals surface area contributed by atoms with Gasteiger partial charge in [-0.2, -0.15) is 8.78 Å². The fourth-order valence-electron chi connectivity index (χ4n) is 3.19. The highest BCUT2D eigenvalue weighted by molar-refractivity contribution is 5.85. The molecule has 1 amide bonds. The Labute approximate surface area is 154 Å². The molecule has 0 spiro atoms. The molecule has 1 aromatic carbocycles. The van der Waals surface area contributed by atoms with Gasteiger partial charge in [0.05, 0.1) is 6.04 Å². The van der Waals surface area contributed by atoms with E-state index >= 15 is 0 Å². The first-order chi connectivity index (χ1) is 11.5. The molecule has 1 aliphatic rings. The largest absolute Gasteiger partial charge is 0.435 e. The molecule has 2 unspecified atom stereocenters. The minimum Gasteiger partial charge on any atom is -0.435 e. The van der Waals surface area contributed by atoms with E-state index in [2.05, 4.69) is 22.3 Å². The number of piperidine rings is 1. The van der Waals surface area contributed by atoms with Crippen molar-refractivity contribution in [2.24, 2.45) is 11.8 Å². The van der Waals surface area contributed by atoms with Crippen LogP contribution in [-0.2, 0) is 4.79 Å². The van der Waals surface area contributed by atoms with Gasteiger partial charge in [-0.05, 0) is 62.4 Å². The van der Waals surface area contributed by atoms with E-state index in [4.69, 9.17) is 0 Å². The van der Waals surface area contributed by atoms with Crippen LogP contribution in [0.2, 0.25) is 0 Å². The molecule has 0 aromatic heterocycles. The van der Waals surface area contributed by atoms with E-state index in [-0.39, 0.29) is 30.1 Å². The standard InChI is InChI=1S/C18H26F2N2O2.ClH/c1-12(14-7-9-21-10-8-14)11-17(23)22-13(2)15-3-5-16(6-4-15)24-18(19)20;/h3-6,12-14,18,21H,7-11H2,1-2H3,(H,22,23);1H. The molecule has 0 bridgehead atoms. The van der Waals surface area contributed by atoms with Gasteiger partial charge in [-0.3, -0.25) is 4.79 Å².